The van der Waals surface area contributed by atoms with Gasteiger partial charge in [0.15, 0.2) is 0 Å². The van der Waals surface area contributed by atoms with Crippen molar-refractivity contribution < 1.29 is 0 Å². The maximum Gasteiger partial charge on any atom is 0.114 e. The van der Waals surface area contributed by atoms with Gasteiger partial charge in [-0.25, -0.2) is 4.98 Å². The first kappa shape index (κ1) is 14.1. The van der Waals surface area contributed by atoms with Gasteiger partial charge in [0.2, 0.25) is 0 Å². The molecule has 0 spiro atoms. The number of imidazole rings is 1. The Morgan fingerprint density at radius 1 is 1.40 bits per heavy atom. The van der Waals surface area contributed by atoms with Crippen LogP contribution in [0.4, 0.5) is 0 Å². The minimum absolute atomic E-state index is 0.363. The summed E-state index contributed by atoms with van der Waals surface area (Å²) in [4.78, 5) is 4.91. The molecule has 0 amide bonds. The molecule has 1 aliphatic carbocycles. The second-order valence-electron chi connectivity index (χ2n) is 6.27. The average Bonchev–Trinajstić information content (AvgIpc) is 3.16. The Labute approximate surface area is 128 Å². The number of benzene rings is 1. The predicted molar refractivity (Wildman–Crippen MR) is 87.0 cm³/mol. The summed E-state index contributed by atoms with van der Waals surface area (Å²) in [5.74, 6) is 2.20. The second kappa shape index (κ2) is 5.49. The fraction of sp³-hybridized carbons (Fsp3) is 0.562. The molecule has 1 aromatic carbocycles. The van der Waals surface area contributed by atoms with Crippen molar-refractivity contribution in [3.8, 4) is 0 Å². The molecule has 3 nitrogen and oxygen atoms in total. The minimum atomic E-state index is 0.363. The summed E-state index contributed by atoms with van der Waals surface area (Å²) in [5.41, 5.74) is 8.38. The van der Waals surface area contributed by atoms with Crippen LogP contribution in [-0.2, 0) is 0 Å². The van der Waals surface area contributed by atoms with Crippen LogP contribution in [0.3, 0.4) is 0 Å². The Hall–Kier alpha value is -0.870. The van der Waals surface area contributed by atoms with Crippen molar-refractivity contribution in [2.24, 2.45) is 11.7 Å². The highest BCUT2D eigenvalue weighted by Crippen LogP contribution is 2.41. The third-order valence-electron chi connectivity index (χ3n) is 4.00. The average molecular weight is 336 g/mol. The second-order valence-corrected chi connectivity index (χ2v) is 7.18. The number of nitrogens with two attached hydrogens (primary N) is 1. The van der Waals surface area contributed by atoms with E-state index in [0.29, 0.717) is 24.4 Å². The summed E-state index contributed by atoms with van der Waals surface area (Å²) in [6, 6.07) is 7.03. The number of fused-ring (bicyclic) bond motifs is 1. The van der Waals surface area contributed by atoms with Crippen LogP contribution in [0.1, 0.15) is 50.9 Å². The van der Waals surface area contributed by atoms with Crippen LogP contribution in [0.15, 0.2) is 22.7 Å². The topological polar surface area (TPSA) is 43.8 Å². The Bertz CT molecular complexity index is 613. The van der Waals surface area contributed by atoms with Crippen molar-refractivity contribution in [3.63, 3.8) is 0 Å². The quantitative estimate of drug-likeness (QED) is 0.888. The van der Waals surface area contributed by atoms with Crippen LogP contribution in [0, 0.1) is 5.92 Å². The van der Waals surface area contributed by atoms with E-state index in [-0.39, 0.29) is 0 Å². The van der Waals surface area contributed by atoms with Gasteiger partial charge in [0, 0.05) is 23.0 Å². The Morgan fingerprint density at radius 2 is 2.15 bits per heavy atom. The van der Waals surface area contributed by atoms with Crippen molar-refractivity contribution in [2.45, 2.75) is 45.1 Å². The lowest BCUT2D eigenvalue weighted by molar-refractivity contribution is 0.473. The van der Waals surface area contributed by atoms with Gasteiger partial charge in [-0.3, -0.25) is 0 Å². The van der Waals surface area contributed by atoms with Crippen molar-refractivity contribution in [3.05, 3.63) is 28.5 Å². The van der Waals surface area contributed by atoms with Gasteiger partial charge < -0.3 is 10.3 Å². The largest absolute Gasteiger partial charge is 0.330 e. The van der Waals surface area contributed by atoms with Gasteiger partial charge in [-0.05, 0) is 43.4 Å². The summed E-state index contributed by atoms with van der Waals surface area (Å²) in [6.07, 6.45) is 3.65. The highest BCUT2D eigenvalue weighted by Gasteiger charge is 2.30. The normalized spacial score (nSPS) is 17.1. The molecule has 2 N–H and O–H groups in total. The molecule has 0 radical (unpaired) electrons. The lowest BCUT2D eigenvalue weighted by atomic mass is 9.96. The third-order valence-corrected chi connectivity index (χ3v) is 4.49. The van der Waals surface area contributed by atoms with Crippen molar-refractivity contribution in [1.82, 2.24) is 9.55 Å². The summed E-state index contributed by atoms with van der Waals surface area (Å²) in [5, 5.41) is 0. The monoisotopic (exact) mass is 335 g/mol. The fourth-order valence-corrected chi connectivity index (χ4v) is 3.32. The number of aromatic nitrogens is 2. The van der Waals surface area contributed by atoms with Gasteiger partial charge in [0.05, 0.1) is 11.0 Å². The van der Waals surface area contributed by atoms with Crippen molar-refractivity contribution in [2.75, 3.05) is 6.54 Å². The molecule has 1 heterocycles. The summed E-state index contributed by atoms with van der Waals surface area (Å²) in [6.45, 7) is 5.18. The zero-order valence-electron chi connectivity index (χ0n) is 12.1. The van der Waals surface area contributed by atoms with E-state index in [1.165, 1.54) is 24.2 Å². The van der Waals surface area contributed by atoms with Gasteiger partial charge >= 0.3 is 0 Å². The van der Waals surface area contributed by atoms with E-state index in [1.807, 2.05) is 0 Å². The summed E-state index contributed by atoms with van der Waals surface area (Å²) in [7, 11) is 0. The molecule has 0 aliphatic heterocycles. The zero-order chi connectivity index (χ0) is 14.3. The molecular formula is C16H22BrN3. The molecule has 0 saturated heterocycles. The minimum Gasteiger partial charge on any atom is -0.330 e. The molecular weight excluding hydrogens is 314 g/mol. The fourth-order valence-electron chi connectivity index (χ4n) is 2.97. The highest BCUT2D eigenvalue weighted by molar-refractivity contribution is 9.10. The third kappa shape index (κ3) is 2.63. The van der Waals surface area contributed by atoms with Crippen LogP contribution < -0.4 is 5.73 Å². The number of hydrogen-bond acceptors (Lipinski definition) is 2. The van der Waals surface area contributed by atoms with Crippen molar-refractivity contribution >= 4 is 27.0 Å². The Balaban J connectivity index is 2.10. The van der Waals surface area contributed by atoms with Gasteiger partial charge in [0.1, 0.15) is 5.82 Å². The van der Waals surface area contributed by atoms with E-state index in [2.05, 4.69) is 52.5 Å². The molecule has 0 bridgehead atoms. The smallest absolute Gasteiger partial charge is 0.114 e. The molecule has 2 aromatic rings. The van der Waals surface area contributed by atoms with Crippen LogP contribution in [0.2, 0.25) is 0 Å². The summed E-state index contributed by atoms with van der Waals surface area (Å²) >= 11 is 3.54. The SMILES string of the molecule is CC(C)CC(CN)c1nc2cc(Br)ccc2n1C1CC1. The molecule has 1 aromatic heterocycles. The van der Waals surface area contributed by atoms with E-state index in [9.17, 15) is 0 Å². The Morgan fingerprint density at radius 3 is 2.75 bits per heavy atom. The van der Waals surface area contributed by atoms with Crippen LogP contribution in [0.5, 0.6) is 0 Å². The van der Waals surface area contributed by atoms with E-state index in [4.69, 9.17) is 10.7 Å². The van der Waals surface area contributed by atoms with Crippen LogP contribution in [-0.4, -0.2) is 16.1 Å². The van der Waals surface area contributed by atoms with E-state index >= 15 is 0 Å². The molecule has 1 fully saturated rings. The number of rotatable bonds is 5. The van der Waals surface area contributed by atoms with E-state index in [1.54, 1.807) is 0 Å². The Kier molecular flexibility index (Phi) is 3.87. The first-order valence-electron chi connectivity index (χ1n) is 7.47. The molecule has 1 unspecified atom stereocenters. The van der Waals surface area contributed by atoms with Gasteiger partial charge in [-0.15, -0.1) is 0 Å². The molecule has 1 saturated carbocycles. The van der Waals surface area contributed by atoms with E-state index < -0.39 is 0 Å². The first-order chi connectivity index (χ1) is 9.60. The molecule has 1 atom stereocenters. The van der Waals surface area contributed by atoms with Gasteiger partial charge in [0.25, 0.3) is 0 Å². The number of hydrogen-bond donors (Lipinski definition) is 1. The molecule has 20 heavy (non-hydrogen) atoms. The molecule has 108 valence electrons. The lowest BCUT2D eigenvalue weighted by Crippen LogP contribution is -2.19. The zero-order valence-corrected chi connectivity index (χ0v) is 13.7. The predicted octanol–water partition coefficient (Wildman–Crippen LogP) is 4.22. The standard InChI is InChI=1S/C16H22BrN3/c1-10(2)7-11(9-18)16-19-14-8-12(17)3-6-15(14)20(16)13-4-5-13/h3,6,8,10-11,13H,4-5,7,9,18H2,1-2H3. The lowest BCUT2D eigenvalue weighted by Gasteiger charge is -2.18. The van der Waals surface area contributed by atoms with Crippen LogP contribution in [0.25, 0.3) is 11.0 Å². The van der Waals surface area contributed by atoms with Crippen LogP contribution >= 0.6 is 15.9 Å². The summed E-state index contributed by atoms with van der Waals surface area (Å²) < 4.78 is 3.53. The molecule has 1 aliphatic rings. The van der Waals surface area contributed by atoms with Gasteiger partial charge in [-0.2, -0.15) is 0 Å². The number of nitrogens with zero attached hydrogens (tertiary/aromatic N) is 2. The first-order valence-corrected chi connectivity index (χ1v) is 8.27. The highest BCUT2D eigenvalue weighted by atomic mass is 79.9. The van der Waals surface area contributed by atoms with Crippen molar-refractivity contribution in [1.29, 1.82) is 0 Å². The number of halogens is 1. The molecule has 4 heteroatoms. The van der Waals surface area contributed by atoms with Gasteiger partial charge in [-0.1, -0.05) is 29.8 Å². The molecule has 3 rings (SSSR count). The maximum atomic E-state index is 6.03. The van der Waals surface area contributed by atoms with E-state index in [0.717, 1.165) is 16.4 Å². The maximum absolute atomic E-state index is 6.03.